The van der Waals surface area contributed by atoms with Crippen LogP contribution in [0.25, 0.3) is 0 Å². The maximum atomic E-state index is 13.1. The minimum absolute atomic E-state index is 0.188. The van der Waals surface area contributed by atoms with Crippen LogP contribution in [0.5, 0.6) is 0 Å². The van der Waals surface area contributed by atoms with Gasteiger partial charge in [-0.25, -0.2) is 13.8 Å². The Hall–Kier alpha value is -2.56. The summed E-state index contributed by atoms with van der Waals surface area (Å²) < 4.78 is 26.1. The van der Waals surface area contributed by atoms with E-state index in [1.54, 1.807) is 24.3 Å². The van der Waals surface area contributed by atoms with Gasteiger partial charge in [0.25, 0.3) is 0 Å². The molecule has 3 rings (SSSR count). The van der Waals surface area contributed by atoms with E-state index in [2.05, 4.69) is 5.10 Å². The maximum absolute atomic E-state index is 13.1. The van der Waals surface area contributed by atoms with Crippen LogP contribution >= 0.6 is 0 Å². The molecule has 2 aromatic carbocycles. The highest BCUT2D eigenvalue weighted by molar-refractivity contribution is 6.03. The molecule has 2 aromatic rings. The first kappa shape index (κ1) is 14.4. The van der Waals surface area contributed by atoms with Crippen LogP contribution in [-0.4, -0.2) is 16.6 Å². The molecule has 0 aliphatic carbocycles. The zero-order chi connectivity index (χ0) is 15.7. The molecule has 0 spiro atoms. The number of nitrogens with zero attached hydrogens (tertiary/aromatic N) is 2. The molecule has 0 N–H and O–H groups in total. The summed E-state index contributed by atoms with van der Waals surface area (Å²) in [6, 6.07) is 11.8. The lowest BCUT2D eigenvalue weighted by molar-refractivity contribution is -0.130. The monoisotopic (exact) mass is 300 g/mol. The van der Waals surface area contributed by atoms with E-state index in [1.807, 2.05) is 0 Å². The predicted molar refractivity (Wildman–Crippen MR) is 79.2 cm³/mol. The van der Waals surface area contributed by atoms with Gasteiger partial charge in [-0.3, -0.25) is 4.79 Å². The molecular formula is C17H14F2N2O. The second-order valence-electron chi connectivity index (χ2n) is 5.19. The number of hydrazone groups is 1. The number of halogens is 2. The van der Waals surface area contributed by atoms with Crippen LogP contribution in [0.4, 0.5) is 8.78 Å². The van der Waals surface area contributed by atoms with Crippen LogP contribution < -0.4 is 0 Å². The number of amides is 1. The summed E-state index contributed by atoms with van der Waals surface area (Å²) in [7, 11) is 0. The van der Waals surface area contributed by atoms with E-state index in [4.69, 9.17) is 0 Å². The molecule has 0 unspecified atom stereocenters. The third-order valence-corrected chi connectivity index (χ3v) is 3.67. The fourth-order valence-electron chi connectivity index (χ4n) is 2.56. The average Bonchev–Trinajstić information content (AvgIpc) is 2.94. The number of benzene rings is 2. The van der Waals surface area contributed by atoms with Gasteiger partial charge in [-0.05, 0) is 35.4 Å². The number of hydrogen-bond acceptors (Lipinski definition) is 2. The first-order valence-electron chi connectivity index (χ1n) is 6.93. The Morgan fingerprint density at radius 3 is 2.14 bits per heavy atom. The summed E-state index contributed by atoms with van der Waals surface area (Å²) in [6.45, 7) is 1.44. The molecule has 1 heterocycles. The Kier molecular flexibility index (Phi) is 3.71. The van der Waals surface area contributed by atoms with Gasteiger partial charge in [-0.15, -0.1) is 0 Å². The van der Waals surface area contributed by atoms with Gasteiger partial charge in [0, 0.05) is 13.3 Å². The van der Waals surface area contributed by atoms with Crippen molar-refractivity contribution in [3.63, 3.8) is 0 Å². The summed E-state index contributed by atoms with van der Waals surface area (Å²) in [6.07, 6.45) is 0.511. The Labute approximate surface area is 126 Å². The first-order chi connectivity index (χ1) is 10.5. The number of carbonyl (C=O) groups excluding carboxylic acids is 1. The van der Waals surface area contributed by atoms with Gasteiger partial charge in [0.2, 0.25) is 5.91 Å². The first-order valence-corrected chi connectivity index (χ1v) is 6.93. The van der Waals surface area contributed by atoms with Crippen LogP contribution in [0.3, 0.4) is 0 Å². The molecule has 112 valence electrons. The van der Waals surface area contributed by atoms with Crippen LogP contribution in [0.15, 0.2) is 53.6 Å². The molecule has 1 aliphatic rings. The molecule has 0 aromatic heterocycles. The van der Waals surface area contributed by atoms with E-state index < -0.39 is 0 Å². The van der Waals surface area contributed by atoms with Gasteiger partial charge in [-0.2, -0.15) is 5.10 Å². The molecule has 5 heteroatoms. The quantitative estimate of drug-likeness (QED) is 0.833. The molecule has 22 heavy (non-hydrogen) atoms. The predicted octanol–water partition coefficient (Wildman–Crippen LogP) is 3.66. The van der Waals surface area contributed by atoms with Gasteiger partial charge >= 0.3 is 0 Å². The van der Waals surface area contributed by atoms with Crippen molar-refractivity contribution in [1.82, 2.24) is 5.01 Å². The normalized spacial score (nSPS) is 17.5. The van der Waals surface area contributed by atoms with Gasteiger partial charge in [0.05, 0.1) is 11.8 Å². The van der Waals surface area contributed by atoms with Gasteiger partial charge in [0.1, 0.15) is 11.6 Å². The van der Waals surface area contributed by atoms with Crippen molar-refractivity contribution in [1.29, 1.82) is 0 Å². The molecule has 0 saturated heterocycles. The van der Waals surface area contributed by atoms with Crippen molar-refractivity contribution in [2.75, 3.05) is 0 Å². The third-order valence-electron chi connectivity index (χ3n) is 3.67. The second-order valence-corrected chi connectivity index (χ2v) is 5.19. The molecule has 1 aliphatic heterocycles. The zero-order valence-corrected chi connectivity index (χ0v) is 12.0. The largest absolute Gasteiger partial charge is 0.273 e. The lowest BCUT2D eigenvalue weighted by atomic mass is 9.98. The Balaban J connectivity index is 1.92. The standard InChI is InChI=1S/C17H14F2N2O/c1-11(22)21-17(13-4-8-15(19)9-5-13)10-16(20-21)12-2-6-14(18)7-3-12/h2-9,17H,10H2,1H3/t17-/m1/s1. The topological polar surface area (TPSA) is 32.7 Å². The highest BCUT2D eigenvalue weighted by atomic mass is 19.1. The molecule has 1 amide bonds. The highest BCUT2D eigenvalue weighted by Crippen LogP contribution is 2.32. The Morgan fingerprint density at radius 1 is 1.05 bits per heavy atom. The summed E-state index contributed by atoms with van der Waals surface area (Å²) in [5, 5.41) is 5.75. The van der Waals surface area contributed by atoms with Crippen molar-refractivity contribution in [3.05, 3.63) is 71.3 Å². The van der Waals surface area contributed by atoms with Crippen molar-refractivity contribution in [3.8, 4) is 0 Å². The van der Waals surface area contributed by atoms with Gasteiger partial charge in [0.15, 0.2) is 0 Å². The van der Waals surface area contributed by atoms with Gasteiger partial charge < -0.3 is 0 Å². The van der Waals surface area contributed by atoms with E-state index >= 15 is 0 Å². The molecule has 1 atom stereocenters. The Morgan fingerprint density at radius 2 is 1.59 bits per heavy atom. The van der Waals surface area contributed by atoms with E-state index in [1.165, 1.54) is 36.2 Å². The van der Waals surface area contributed by atoms with Crippen LogP contribution in [0.1, 0.15) is 30.5 Å². The maximum Gasteiger partial charge on any atom is 0.240 e. The van der Waals surface area contributed by atoms with Crippen LogP contribution in [-0.2, 0) is 4.79 Å². The lowest BCUT2D eigenvalue weighted by Crippen LogP contribution is -2.24. The molecule has 3 nitrogen and oxygen atoms in total. The zero-order valence-electron chi connectivity index (χ0n) is 12.0. The summed E-state index contributed by atoms with van der Waals surface area (Å²) in [5.74, 6) is -0.830. The fourth-order valence-corrected chi connectivity index (χ4v) is 2.56. The minimum Gasteiger partial charge on any atom is -0.273 e. The summed E-state index contributed by atoms with van der Waals surface area (Å²) in [5.41, 5.74) is 2.30. The van der Waals surface area contributed by atoms with E-state index in [-0.39, 0.29) is 23.6 Å². The molecule has 0 fully saturated rings. The second kappa shape index (κ2) is 5.67. The Bertz CT molecular complexity index is 723. The molecule has 0 bridgehead atoms. The summed E-state index contributed by atoms with van der Waals surface area (Å²) >= 11 is 0. The SMILES string of the molecule is CC(=O)N1N=C(c2ccc(F)cc2)C[C@@H]1c1ccc(F)cc1. The van der Waals surface area contributed by atoms with E-state index in [0.29, 0.717) is 12.1 Å². The average molecular weight is 300 g/mol. The van der Waals surface area contributed by atoms with Gasteiger partial charge in [-0.1, -0.05) is 24.3 Å². The lowest BCUT2D eigenvalue weighted by Gasteiger charge is -2.20. The van der Waals surface area contributed by atoms with Crippen molar-refractivity contribution in [2.24, 2.45) is 5.10 Å². The summed E-state index contributed by atoms with van der Waals surface area (Å²) in [4.78, 5) is 11.8. The van der Waals surface area contributed by atoms with Crippen LogP contribution in [0.2, 0.25) is 0 Å². The molecular weight excluding hydrogens is 286 g/mol. The van der Waals surface area contributed by atoms with Crippen LogP contribution in [0, 0.1) is 11.6 Å². The van der Waals surface area contributed by atoms with Crippen molar-refractivity contribution < 1.29 is 13.6 Å². The molecule has 0 radical (unpaired) electrons. The van der Waals surface area contributed by atoms with Crippen molar-refractivity contribution >= 4 is 11.6 Å². The minimum atomic E-state index is -0.323. The third kappa shape index (κ3) is 2.74. The van der Waals surface area contributed by atoms with E-state index in [9.17, 15) is 13.6 Å². The fraction of sp³-hybridized carbons (Fsp3) is 0.176. The number of carbonyl (C=O) groups is 1. The van der Waals surface area contributed by atoms with E-state index in [0.717, 1.165) is 11.1 Å². The smallest absolute Gasteiger partial charge is 0.240 e. The number of rotatable bonds is 2. The molecule has 0 saturated carbocycles. The number of hydrogen-bond donors (Lipinski definition) is 0. The highest BCUT2D eigenvalue weighted by Gasteiger charge is 2.31. The van der Waals surface area contributed by atoms with Crippen molar-refractivity contribution in [2.45, 2.75) is 19.4 Å².